The summed E-state index contributed by atoms with van der Waals surface area (Å²) in [5, 5.41) is 10.8. The Kier molecular flexibility index (Phi) is 5.80. The fraction of sp³-hybridized carbons (Fsp3) is 0.444. The predicted octanol–water partition coefficient (Wildman–Crippen LogP) is 1.25. The molecule has 3 N–H and O–H groups in total. The smallest absolute Gasteiger partial charge is 0.325 e. The zero-order valence-electron chi connectivity index (χ0n) is 14.5. The Morgan fingerprint density at radius 3 is 2.92 bits per heavy atom. The lowest BCUT2D eigenvalue weighted by Crippen LogP contribution is -2.34. The third-order valence-corrected chi connectivity index (χ3v) is 4.79. The summed E-state index contributed by atoms with van der Waals surface area (Å²) in [7, 11) is 0. The number of nitrogens with one attached hydrogen (secondary N) is 2. The van der Waals surface area contributed by atoms with Crippen molar-refractivity contribution < 1.29 is 9.84 Å². The minimum atomic E-state index is -0.663. The van der Waals surface area contributed by atoms with Gasteiger partial charge < -0.3 is 14.8 Å². The number of aliphatic hydroxyl groups is 1. The third kappa shape index (κ3) is 4.75. The van der Waals surface area contributed by atoms with Gasteiger partial charge in [-0.15, -0.1) is 0 Å². The second kappa shape index (κ2) is 8.07. The zero-order chi connectivity index (χ0) is 18.7. The third-order valence-electron chi connectivity index (χ3n) is 4.48. The van der Waals surface area contributed by atoms with E-state index in [-0.39, 0.29) is 12.5 Å². The number of ether oxygens (including phenoxy) is 1. The van der Waals surface area contributed by atoms with Crippen molar-refractivity contribution in [2.24, 2.45) is 0 Å². The number of aromatic amines is 2. The first-order valence-electron chi connectivity index (χ1n) is 8.53. The Balaban J connectivity index is 1.52. The van der Waals surface area contributed by atoms with Crippen LogP contribution in [0.3, 0.4) is 0 Å². The van der Waals surface area contributed by atoms with Gasteiger partial charge in [-0.25, -0.2) is 4.79 Å². The molecule has 0 bridgehead atoms. The second-order valence-electron chi connectivity index (χ2n) is 6.69. The lowest BCUT2D eigenvalue weighted by atomic mass is 10.1. The minimum Gasteiger partial charge on any atom is -0.489 e. The molecule has 2 heterocycles. The van der Waals surface area contributed by atoms with Gasteiger partial charge in [0.2, 0.25) is 0 Å². The molecule has 1 aliphatic heterocycles. The molecule has 0 spiro atoms. The molecule has 2 aromatic rings. The number of hydrogen-bond donors (Lipinski definition) is 3. The number of aliphatic hydroxyl groups excluding tert-OH is 1. The maximum absolute atomic E-state index is 11.4. The van der Waals surface area contributed by atoms with E-state index in [9.17, 15) is 14.7 Å². The summed E-state index contributed by atoms with van der Waals surface area (Å²) in [4.78, 5) is 29.8. The number of β-amino-alcohol motifs (C(OH)–C–C–N with tert-alkyl or cyclic N) is 1. The molecule has 7 nitrogen and oxygen atoms in total. The predicted molar refractivity (Wildman–Crippen MR) is 99.2 cm³/mol. The van der Waals surface area contributed by atoms with Crippen LogP contribution in [0.1, 0.15) is 23.6 Å². The molecule has 140 valence electrons. The number of hydrogen-bond acceptors (Lipinski definition) is 5. The first kappa shape index (κ1) is 18.7. The normalized spacial score (nSPS) is 18.8. The van der Waals surface area contributed by atoms with Crippen molar-refractivity contribution in [2.75, 3.05) is 26.2 Å². The molecule has 0 radical (unpaired) electrons. The van der Waals surface area contributed by atoms with Gasteiger partial charge >= 0.3 is 5.69 Å². The first-order chi connectivity index (χ1) is 12.4. The number of halogens is 1. The van der Waals surface area contributed by atoms with Crippen molar-refractivity contribution in [1.82, 2.24) is 14.9 Å². The van der Waals surface area contributed by atoms with Gasteiger partial charge in [0, 0.05) is 30.8 Å². The Morgan fingerprint density at radius 2 is 2.15 bits per heavy atom. The molecule has 1 aromatic heterocycles. The van der Waals surface area contributed by atoms with E-state index in [1.54, 1.807) is 6.07 Å². The molecule has 3 rings (SSSR count). The summed E-state index contributed by atoms with van der Waals surface area (Å²) < 4.78 is 5.63. The Labute approximate surface area is 155 Å². The van der Waals surface area contributed by atoms with Crippen molar-refractivity contribution in [3.63, 3.8) is 0 Å². The summed E-state index contributed by atoms with van der Waals surface area (Å²) in [6.07, 6.45) is 0.153. The summed E-state index contributed by atoms with van der Waals surface area (Å²) in [6, 6.07) is 6.93. The number of aromatic nitrogens is 2. The molecule has 2 atom stereocenters. The highest BCUT2D eigenvalue weighted by atomic mass is 35.5. The van der Waals surface area contributed by atoms with Crippen LogP contribution in [-0.4, -0.2) is 52.3 Å². The van der Waals surface area contributed by atoms with Crippen molar-refractivity contribution >= 4 is 11.6 Å². The highest BCUT2D eigenvalue weighted by Crippen LogP contribution is 2.26. The fourth-order valence-corrected chi connectivity index (χ4v) is 3.39. The van der Waals surface area contributed by atoms with Gasteiger partial charge in [0.1, 0.15) is 18.5 Å². The lowest BCUT2D eigenvalue weighted by molar-refractivity contribution is 0.0754. The number of likely N-dealkylation sites (tertiary alicyclic amines) is 1. The molecule has 1 saturated heterocycles. The van der Waals surface area contributed by atoms with Gasteiger partial charge in [-0.2, -0.15) is 0 Å². The molecule has 26 heavy (non-hydrogen) atoms. The maximum Gasteiger partial charge on any atom is 0.325 e. The number of benzene rings is 1. The highest BCUT2D eigenvalue weighted by Gasteiger charge is 2.26. The molecular formula is C18H22ClN3O4. The van der Waals surface area contributed by atoms with Crippen molar-refractivity contribution in [3.8, 4) is 5.75 Å². The van der Waals surface area contributed by atoms with Crippen LogP contribution in [-0.2, 0) is 0 Å². The van der Waals surface area contributed by atoms with Gasteiger partial charge in [-0.1, -0.05) is 17.7 Å². The second-order valence-corrected chi connectivity index (χ2v) is 7.09. The van der Waals surface area contributed by atoms with E-state index >= 15 is 0 Å². The van der Waals surface area contributed by atoms with Crippen LogP contribution in [0.2, 0.25) is 5.02 Å². The highest BCUT2D eigenvalue weighted by molar-refractivity contribution is 6.32. The molecule has 0 saturated carbocycles. The van der Waals surface area contributed by atoms with Crippen LogP contribution < -0.4 is 16.0 Å². The maximum atomic E-state index is 11.4. The minimum absolute atomic E-state index is 0.0735. The molecule has 0 amide bonds. The van der Waals surface area contributed by atoms with Crippen LogP contribution in [0.4, 0.5) is 0 Å². The molecule has 1 aliphatic rings. The first-order valence-corrected chi connectivity index (χ1v) is 8.91. The van der Waals surface area contributed by atoms with E-state index < -0.39 is 17.4 Å². The van der Waals surface area contributed by atoms with E-state index in [0.717, 1.165) is 18.5 Å². The molecule has 1 fully saturated rings. The quantitative estimate of drug-likeness (QED) is 0.701. The molecule has 8 heteroatoms. The van der Waals surface area contributed by atoms with E-state index in [1.807, 2.05) is 19.1 Å². The van der Waals surface area contributed by atoms with Gasteiger partial charge in [-0.3, -0.25) is 14.7 Å². The SMILES string of the molecule is Cc1ccc(Cl)c(OCC(O)CN2CCC(c3cc(=O)[nH]c(=O)[nH]3)C2)c1. The Bertz CT molecular complexity index is 851. The fourth-order valence-electron chi connectivity index (χ4n) is 3.22. The number of aryl methyl sites for hydroxylation is 1. The van der Waals surface area contributed by atoms with Crippen LogP contribution >= 0.6 is 11.6 Å². The molecule has 1 aromatic carbocycles. The van der Waals surface area contributed by atoms with Gasteiger partial charge in [0.15, 0.2) is 0 Å². The van der Waals surface area contributed by atoms with Gasteiger partial charge in [0.05, 0.1) is 5.02 Å². The monoisotopic (exact) mass is 379 g/mol. The standard InChI is InChI=1S/C18H22ClN3O4/c1-11-2-3-14(19)16(6-11)26-10-13(23)9-22-5-4-12(8-22)15-7-17(24)21-18(25)20-15/h2-3,6-7,12-13,23H,4-5,8-10H2,1H3,(H2,20,21,24,25). The Hall–Kier alpha value is -2.09. The summed E-state index contributed by atoms with van der Waals surface area (Å²) >= 11 is 6.09. The van der Waals surface area contributed by atoms with Crippen LogP contribution in [0, 0.1) is 6.92 Å². The average molecular weight is 380 g/mol. The summed E-state index contributed by atoms with van der Waals surface area (Å²) in [6.45, 7) is 3.99. The Morgan fingerprint density at radius 1 is 1.35 bits per heavy atom. The number of H-pyrrole nitrogens is 2. The van der Waals surface area contributed by atoms with E-state index in [2.05, 4.69) is 14.9 Å². The summed E-state index contributed by atoms with van der Waals surface area (Å²) in [5.74, 6) is 0.635. The molecular weight excluding hydrogens is 358 g/mol. The number of rotatable bonds is 6. The molecule has 0 aliphatic carbocycles. The topological polar surface area (TPSA) is 98.4 Å². The van der Waals surface area contributed by atoms with Crippen LogP contribution in [0.15, 0.2) is 33.9 Å². The zero-order valence-corrected chi connectivity index (χ0v) is 15.3. The summed E-state index contributed by atoms with van der Waals surface area (Å²) in [5.41, 5.74) is 0.784. The lowest BCUT2D eigenvalue weighted by Gasteiger charge is -2.20. The average Bonchev–Trinajstić information content (AvgIpc) is 3.03. The van der Waals surface area contributed by atoms with E-state index in [0.29, 0.717) is 29.6 Å². The largest absolute Gasteiger partial charge is 0.489 e. The van der Waals surface area contributed by atoms with Crippen LogP contribution in [0.5, 0.6) is 5.75 Å². The van der Waals surface area contributed by atoms with Crippen molar-refractivity contribution in [1.29, 1.82) is 0 Å². The van der Waals surface area contributed by atoms with Crippen molar-refractivity contribution in [3.05, 3.63) is 61.4 Å². The van der Waals surface area contributed by atoms with Gasteiger partial charge in [-0.05, 0) is 37.6 Å². The van der Waals surface area contributed by atoms with Gasteiger partial charge in [0.25, 0.3) is 5.56 Å². The van der Waals surface area contributed by atoms with Crippen molar-refractivity contribution in [2.45, 2.75) is 25.4 Å². The van der Waals surface area contributed by atoms with E-state index in [1.165, 1.54) is 6.07 Å². The van der Waals surface area contributed by atoms with Crippen LogP contribution in [0.25, 0.3) is 0 Å². The van der Waals surface area contributed by atoms with E-state index in [4.69, 9.17) is 16.3 Å². The molecule has 2 unspecified atom stereocenters. The number of nitrogens with zero attached hydrogens (tertiary/aromatic N) is 1.